The molecule has 214 valence electrons. The van der Waals surface area contributed by atoms with Crippen molar-refractivity contribution in [3.05, 3.63) is 93.3 Å². The van der Waals surface area contributed by atoms with E-state index in [1.165, 1.54) is 11.1 Å². The molecular weight excluding hydrogens is 554 g/mol. The highest BCUT2D eigenvalue weighted by Gasteiger charge is 2.32. The second-order valence-electron chi connectivity index (χ2n) is 9.58. The second-order valence-corrected chi connectivity index (χ2v) is 9.98. The molecule has 1 atom stereocenters. The first-order valence-corrected chi connectivity index (χ1v) is 13.5. The fourth-order valence-electron chi connectivity index (χ4n) is 4.70. The topological polar surface area (TPSA) is 156 Å². The Bertz CT molecular complexity index is 1620. The van der Waals surface area contributed by atoms with Gasteiger partial charge in [0.15, 0.2) is 0 Å². The van der Waals surface area contributed by atoms with Gasteiger partial charge in [0.1, 0.15) is 6.04 Å². The largest absolute Gasteiger partial charge is 0.327 e. The first kappa shape index (κ1) is 30.1. The van der Waals surface area contributed by atoms with Gasteiger partial charge in [-0.1, -0.05) is 35.6 Å². The van der Waals surface area contributed by atoms with Crippen LogP contribution in [0.15, 0.2) is 59.7 Å². The van der Waals surface area contributed by atoms with Gasteiger partial charge in [0, 0.05) is 40.6 Å². The molecule has 10 nitrogen and oxygen atoms in total. The molecular formula is C31H30ClN7O3. The van der Waals surface area contributed by atoms with Gasteiger partial charge in [0.25, 0.3) is 17.7 Å². The Balaban J connectivity index is 1.55. The molecule has 0 spiro atoms. The molecule has 42 heavy (non-hydrogen) atoms. The highest BCUT2D eigenvalue weighted by atomic mass is 35.5. The number of likely N-dealkylation sites (tertiary alicyclic amines) is 1. The lowest BCUT2D eigenvalue weighted by Crippen LogP contribution is -2.53. The summed E-state index contributed by atoms with van der Waals surface area (Å²) in [6.07, 6.45) is 5.38. The summed E-state index contributed by atoms with van der Waals surface area (Å²) < 4.78 is 0. The van der Waals surface area contributed by atoms with Crippen LogP contribution in [0.3, 0.4) is 0 Å². The van der Waals surface area contributed by atoms with Crippen molar-refractivity contribution in [2.75, 3.05) is 6.54 Å². The average molecular weight is 584 g/mol. The van der Waals surface area contributed by atoms with Crippen LogP contribution in [0.4, 0.5) is 0 Å². The Hall–Kier alpha value is -4.82. The maximum Gasteiger partial charge on any atom is 0.265 e. The number of aromatic nitrogens is 1. The molecule has 1 fully saturated rings. The van der Waals surface area contributed by atoms with Gasteiger partial charge >= 0.3 is 0 Å². The minimum absolute atomic E-state index is 0.281. The number of carbonyl (C=O) groups excluding carboxylic acids is 3. The van der Waals surface area contributed by atoms with Crippen molar-refractivity contribution >= 4 is 42.1 Å². The maximum absolute atomic E-state index is 13.2. The highest BCUT2D eigenvalue weighted by molar-refractivity contribution is 6.32. The molecule has 11 heteroatoms. The zero-order chi connectivity index (χ0) is 30.2. The number of rotatable bonds is 6. The van der Waals surface area contributed by atoms with Crippen LogP contribution in [-0.2, 0) is 4.79 Å². The number of nitrogens with two attached hydrogens (primary N) is 2. The third-order valence-electron chi connectivity index (χ3n) is 6.97. The number of nitrogens with one attached hydrogen (secondary N) is 2. The summed E-state index contributed by atoms with van der Waals surface area (Å²) in [7, 11) is 0. The molecule has 0 radical (unpaired) electrons. The lowest BCUT2D eigenvalue weighted by atomic mass is 10.00. The van der Waals surface area contributed by atoms with Gasteiger partial charge in [-0.3, -0.25) is 30.2 Å². The number of aliphatic imine (C=N–C) groups is 1. The Morgan fingerprint density at radius 1 is 1.10 bits per heavy atom. The van der Waals surface area contributed by atoms with Crippen molar-refractivity contribution in [3.63, 3.8) is 0 Å². The van der Waals surface area contributed by atoms with Gasteiger partial charge in [0.05, 0.1) is 16.4 Å². The molecule has 1 aromatic heterocycles. The van der Waals surface area contributed by atoms with E-state index in [0.717, 1.165) is 24.0 Å². The number of halogens is 1. The first-order valence-electron chi connectivity index (χ1n) is 13.2. The van der Waals surface area contributed by atoms with Crippen LogP contribution >= 0.6 is 11.6 Å². The Morgan fingerprint density at radius 3 is 2.52 bits per heavy atom. The summed E-state index contributed by atoms with van der Waals surface area (Å²) in [5.41, 5.74) is 8.93. The van der Waals surface area contributed by atoms with Crippen molar-refractivity contribution in [1.29, 1.82) is 0 Å². The van der Waals surface area contributed by atoms with Crippen LogP contribution in [0.25, 0.3) is 17.3 Å². The second kappa shape index (κ2) is 13.7. The summed E-state index contributed by atoms with van der Waals surface area (Å²) in [6.45, 7) is 5.68. The zero-order valence-corrected chi connectivity index (χ0v) is 23.7. The highest BCUT2D eigenvalue weighted by Crippen LogP contribution is 2.25. The summed E-state index contributed by atoms with van der Waals surface area (Å²) in [5.74, 6) is 15.7. The van der Waals surface area contributed by atoms with Crippen molar-refractivity contribution in [2.24, 2.45) is 16.7 Å². The summed E-state index contributed by atoms with van der Waals surface area (Å²) in [4.78, 5) is 47.6. The molecule has 0 saturated carbocycles. The third-order valence-corrected chi connectivity index (χ3v) is 7.28. The maximum atomic E-state index is 13.2. The third kappa shape index (κ3) is 6.72. The van der Waals surface area contributed by atoms with Crippen LogP contribution in [0.5, 0.6) is 0 Å². The van der Waals surface area contributed by atoms with E-state index < -0.39 is 11.9 Å². The molecule has 1 saturated heterocycles. The molecule has 0 bridgehead atoms. The first-order chi connectivity index (χ1) is 20.3. The summed E-state index contributed by atoms with van der Waals surface area (Å²) >= 11 is 6.49. The fourth-order valence-corrected chi connectivity index (χ4v) is 4.93. The Kier molecular flexibility index (Phi) is 9.83. The Morgan fingerprint density at radius 2 is 1.86 bits per heavy atom. The van der Waals surface area contributed by atoms with Gasteiger partial charge in [0.2, 0.25) is 0 Å². The minimum Gasteiger partial charge on any atom is -0.327 e. The SMILES string of the molecule is C=N/C=C\c1nc(-c2ccc(C#Cc3ccc(C(=O)N4CCCC[C@H]4C(=O)NN)cc3Cl)cc2)cc(C(=O)NN)c1C. The standard InChI is InChI=1S/C31H30ClN7O3/c1-19-24(29(40)37-33)18-27(36-26(19)14-15-35-2)22-10-7-20(8-11-22)6-9-21-12-13-23(17-25(21)32)31(42)39-16-4-3-5-28(39)30(41)38-34/h7-8,10-15,17-18,28H,2-5,16,33-34H2,1H3,(H,37,40)(H,38,41)/b15-14-/t28-/m0/s1. The number of amides is 3. The van der Waals surface area contributed by atoms with Crippen LogP contribution in [0.2, 0.25) is 5.02 Å². The van der Waals surface area contributed by atoms with Gasteiger partial charge in [-0.2, -0.15) is 0 Å². The molecule has 4 rings (SSSR count). The number of nitrogen functional groups attached to an aromatic ring is 1. The quantitative estimate of drug-likeness (QED) is 0.115. The number of benzene rings is 2. The molecule has 3 aromatic rings. The number of hydrogen-bond acceptors (Lipinski definition) is 7. The number of hydrogen-bond donors (Lipinski definition) is 4. The lowest BCUT2D eigenvalue weighted by molar-refractivity contribution is -0.126. The smallest absolute Gasteiger partial charge is 0.265 e. The van der Waals surface area contributed by atoms with Crippen LogP contribution in [0, 0.1) is 18.8 Å². The van der Waals surface area contributed by atoms with Crippen LogP contribution < -0.4 is 22.5 Å². The minimum atomic E-state index is -0.607. The predicted molar refractivity (Wildman–Crippen MR) is 163 cm³/mol. The van der Waals surface area contributed by atoms with Gasteiger partial charge in [-0.05, 0) is 80.9 Å². The number of piperidine rings is 1. The predicted octanol–water partition coefficient (Wildman–Crippen LogP) is 3.37. The van der Waals surface area contributed by atoms with Crippen molar-refractivity contribution in [2.45, 2.75) is 32.2 Å². The summed E-state index contributed by atoms with van der Waals surface area (Å²) in [5, 5.41) is 0.325. The molecule has 3 amide bonds. The van der Waals surface area contributed by atoms with Gasteiger partial charge in [-0.25, -0.2) is 16.7 Å². The van der Waals surface area contributed by atoms with E-state index in [9.17, 15) is 14.4 Å². The molecule has 0 unspecified atom stereocenters. The summed E-state index contributed by atoms with van der Waals surface area (Å²) in [6, 6.07) is 13.3. The number of pyridine rings is 1. The van der Waals surface area contributed by atoms with Gasteiger partial charge < -0.3 is 4.90 Å². The molecule has 2 aromatic carbocycles. The zero-order valence-electron chi connectivity index (χ0n) is 23.0. The molecule has 0 aliphatic carbocycles. The Labute approximate surface area is 248 Å². The molecule has 6 N–H and O–H groups in total. The molecule has 1 aliphatic rings. The number of nitrogens with zero attached hydrogens (tertiary/aromatic N) is 3. The van der Waals surface area contributed by atoms with Crippen LogP contribution in [-0.4, -0.2) is 46.9 Å². The van der Waals surface area contributed by atoms with Gasteiger partial charge in [-0.15, -0.1) is 0 Å². The number of carbonyl (C=O) groups is 3. The normalized spacial score (nSPS) is 14.6. The number of hydrazine groups is 2. The van der Waals surface area contributed by atoms with E-state index >= 15 is 0 Å². The van der Waals surface area contributed by atoms with E-state index in [1.807, 2.05) is 24.3 Å². The van der Waals surface area contributed by atoms with Crippen molar-refractivity contribution < 1.29 is 14.4 Å². The van der Waals surface area contributed by atoms with E-state index in [4.69, 9.17) is 23.3 Å². The van der Waals surface area contributed by atoms with E-state index in [0.29, 0.717) is 51.6 Å². The average Bonchev–Trinajstić information content (AvgIpc) is 3.02. The van der Waals surface area contributed by atoms with E-state index in [-0.39, 0.29) is 11.8 Å². The lowest BCUT2D eigenvalue weighted by Gasteiger charge is -2.34. The van der Waals surface area contributed by atoms with E-state index in [2.05, 4.69) is 39.4 Å². The van der Waals surface area contributed by atoms with Crippen LogP contribution in [0.1, 0.15) is 62.4 Å². The molecule has 2 heterocycles. The monoisotopic (exact) mass is 583 g/mol. The molecule has 1 aliphatic heterocycles. The van der Waals surface area contributed by atoms with Crippen molar-refractivity contribution in [3.8, 4) is 23.1 Å². The fraction of sp³-hybridized carbons (Fsp3) is 0.194. The van der Waals surface area contributed by atoms with Crippen molar-refractivity contribution in [1.82, 2.24) is 20.7 Å². The van der Waals surface area contributed by atoms with E-state index in [1.54, 1.807) is 37.3 Å².